The maximum absolute atomic E-state index is 10.9. The maximum atomic E-state index is 10.9. The molecule has 0 heterocycles. The number of benzene rings is 2. The average Bonchev–Trinajstić information content (AvgIpc) is 2.62. The van der Waals surface area contributed by atoms with Crippen molar-refractivity contribution < 1.29 is 14.3 Å². The minimum atomic E-state index is -0.257. The van der Waals surface area contributed by atoms with Crippen LogP contribution in [0.1, 0.15) is 23.3 Å². The molecule has 3 nitrogen and oxygen atoms in total. The molecule has 124 valence electrons. The first-order valence-corrected chi connectivity index (χ1v) is 8.69. The summed E-state index contributed by atoms with van der Waals surface area (Å²) >= 11 is 1.69. The first-order chi connectivity index (χ1) is 11.7. The van der Waals surface area contributed by atoms with Crippen LogP contribution in [-0.4, -0.2) is 25.4 Å². The third-order valence-corrected chi connectivity index (χ3v) is 4.45. The summed E-state index contributed by atoms with van der Waals surface area (Å²) in [7, 11) is 1.65. The lowest BCUT2D eigenvalue weighted by molar-refractivity contribution is -0.140. The van der Waals surface area contributed by atoms with Gasteiger partial charge in [-0.3, -0.25) is 4.79 Å². The molecule has 2 aromatic carbocycles. The van der Waals surface area contributed by atoms with E-state index in [4.69, 9.17) is 9.47 Å². The standard InChI is InChI=1S/C20H20O3S/c1-16(21)23-14-15-24-20(13-12-17-8-4-3-5-9-17)18-10-6-7-11-19(18)22-2/h3-5,8-13,20H,14-15H2,1-2H3/b13-12+. The minimum absolute atomic E-state index is 0.0709. The highest BCUT2D eigenvalue weighted by Gasteiger charge is 2.14. The molecule has 4 heteroatoms. The molecule has 0 aromatic heterocycles. The average molecular weight is 340 g/mol. The summed E-state index contributed by atoms with van der Waals surface area (Å²) in [6.45, 7) is 1.81. The number of thioether (sulfide) groups is 1. The van der Waals surface area contributed by atoms with Gasteiger partial charge in [0.1, 0.15) is 12.4 Å². The largest absolute Gasteiger partial charge is 0.496 e. The molecule has 0 fully saturated rings. The van der Waals surface area contributed by atoms with E-state index in [0.29, 0.717) is 12.4 Å². The van der Waals surface area contributed by atoms with Crippen molar-refractivity contribution in [1.82, 2.24) is 0 Å². The summed E-state index contributed by atoms with van der Waals surface area (Å²) in [6, 6.07) is 19.7. The highest BCUT2D eigenvalue weighted by Crippen LogP contribution is 2.36. The smallest absolute Gasteiger partial charge is 0.302 e. The zero-order chi connectivity index (χ0) is 17.2. The van der Waals surface area contributed by atoms with E-state index in [1.165, 1.54) is 6.92 Å². The Bertz CT molecular complexity index is 668. The van der Waals surface area contributed by atoms with E-state index in [1.807, 2.05) is 24.3 Å². The van der Waals surface area contributed by atoms with E-state index < -0.39 is 0 Å². The second kappa shape index (κ2) is 9.83. The van der Waals surface area contributed by atoms with Crippen LogP contribution < -0.4 is 4.74 Å². The van der Waals surface area contributed by atoms with E-state index in [1.54, 1.807) is 24.9 Å². The van der Waals surface area contributed by atoms with Crippen LogP contribution in [0.4, 0.5) is 0 Å². The predicted molar refractivity (Wildman–Crippen MR) is 98.0 cm³/mol. The van der Waals surface area contributed by atoms with Crippen LogP contribution >= 0.6 is 11.8 Å². The van der Waals surface area contributed by atoms with Crippen LogP contribution in [0.15, 0.2) is 48.5 Å². The fourth-order valence-electron chi connectivity index (χ4n) is 2.15. The molecular weight excluding hydrogens is 320 g/mol. The number of methoxy groups -OCH3 is 1. The fourth-order valence-corrected chi connectivity index (χ4v) is 3.14. The van der Waals surface area contributed by atoms with Gasteiger partial charge in [-0.1, -0.05) is 42.5 Å². The highest BCUT2D eigenvalue weighted by molar-refractivity contribution is 7.99. The Morgan fingerprint density at radius 1 is 1.25 bits per heavy atom. The summed E-state index contributed by atoms with van der Waals surface area (Å²) in [5, 5.41) is 0.0709. The monoisotopic (exact) mass is 340 g/mol. The van der Waals surface area contributed by atoms with Gasteiger partial charge in [0, 0.05) is 18.2 Å². The Morgan fingerprint density at radius 3 is 2.71 bits per heavy atom. The summed E-state index contributed by atoms with van der Waals surface area (Å²) < 4.78 is 10.5. The molecule has 0 spiro atoms. The third kappa shape index (κ3) is 5.78. The number of hydrogen-bond acceptors (Lipinski definition) is 4. The van der Waals surface area contributed by atoms with Crippen molar-refractivity contribution in [3.63, 3.8) is 0 Å². The minimum Gasteiger partial charge on any atom is -0.496 e. The van der Waals surface area contributed by atoms with Gasteiger partial charge in [0.15, 0.2) is 0 Å². The molecule has 0 N–H and O–H groups in total. The molecule has 2 radical (unpaired) electrons. The van der Waals surface area contributed by atoms with E-state index in [9.17, 15) is 4.79 Å². The second-order valence-electron chi connectivity index (χ2n) is 5.00. The number of rotatable bonds is 8. The van der Waals surface area contributed by atoms with E-state index in [2.05, 4.69) is 36.4 Å². The van der Waals surface area contributed by atoms with Gasteiger partial charge in [-0.25, -0.2) is 0 Å². The van der Waals surface area contributed by atoms with Crippen molar-refractivity contribution in [2.24, 2.45) is 0 Å². The molecule has 0 saturated heterocycles. The quantitative estimate of drug-likeness (QED) is 0.529. The van der Waals surface area contributed by atoms with Gasteiger partial charge in [0.05, 0.1) is 12.4 Å². The molecule has 0 aliphatic rings. The summed E-state index contributed by atoms with van der Waals surface area (Å²) in [4.78, 5) is 10.9. The van der Waals surface area contributed by atoms with Crippen LogP contribution in [0.2, 0.25) is 0 Å². The van der Waals surface area contributed by atoms with E-state index in [-0.39, 0.29) is 11.2 Å². The number of hydrogen-bond donors (Lipinski definition) is 0. The van der Waals surface area contributed by atoms with Gasteiger partial charge in [-0.2, -0.15) is 0 Å². The van der Waals surface area contributed by atoms with Gasteiger partial charge in [-0.15, -0.1) is 11.8 Å². The molecule has 2 aromatic rings. The van der Waals surface area contributed by atoms with Crippen LogP contribution in [0, 0.1) is 12.1 Å². The van der Waals surface area contributed by atoms with Crippen molar-refractivity contribution in [3.05, 3.63) is 71.8 Å². The van der Waals surface area contributed by atoms with Crippen molar-refractivity contribution in [2.75, 3.05) is 19.5 Å². The molecule has 1 atom stereocenters. The fraction of sp³-hybridized carbons (Fsp3) is 0.250. The lowest BCUT2D eigenvalue weighted by Gasteiger charge is -2.16. The molecule has 0 amide bonds. The molecular formula is C20H20O3S. The van der Waals surface area contributed by atoms with E-state index in [0.717, 1.165) is 16.9 Å². The Hall–Kier alpha value is -2.20. The first kappa shape index (κ1) is 18.1. The van der Waals surface area contributed by atoms with Gasteiger partial charge in [0.25, 0.3) is 0 Å². The van der Waals surface area contributed by atoms with Crippen molar-refractivity contribution in [3.8, 4) is 5.75 Å². The van der Waals surface area contributed by atoms with Crippen LogP contribution in [0.3, 0.4) is 0 Å². The second-order valence-corrected chi connectivity index (χ2v) is 6.25. The Kier molecular flexibility index (Phi) is 7.43. The molecule has 0 aliphatic carbocycles. The van der Waals surface area contributed by atoms with Crippen LogP contribution in [0.5, 0.6) is 5.75 Å². The number of ether oxygens (including phenoxy) is 2. The van der Waals surface area contributed by atoms with Crippen molar-refractivity contribution in [1.29, 1.82) is 0 Å². The number of carbonyl (C=O) groups is 1. The van der Waals surface area contributed by atoms with Crippen molar-refractivity contribution in [2.45, 2.75) is 12.2 Å². The molecule has 2 rings (SSSR count). The molecule has 0 aliphatic heterocycles. The summed E-state index contributed by atoms with van der Waals surface area (Å²) in [5.74, 6) is 1.22. The topological polar surface area (TPSA) is 35.5 Å². The molecule has 0 saturated carbocycles. The molecule has 1 unspecified atom stereocenters. The Morgan fingerprint density at radius 2 is 2.00 bits per heavy atom. The third-order valence-electron chi connectivity index (χ3n) is 3.27. The van der Waals surface area contributed by atoms with E-state index >= 15 is 0 Å². The zero-order valence-corrected chi connectivity index (χ0v) is 14.6. The van der Waals surface area contributed by atoms with Gasteiger partial charge in [-0.05, 0) is 29.8 Å². The number of carbonyl (C=O) groups excluding carboxylic acids is 1. The lowest BCUT2D eigenvalue weighted by atomic mass is 10.1. The predicted octanol–water partition coefficient (Wildman–Crippen LogP) is 4.35. The summed E-state index contributed by atoms with van der Waals surface area (Å²) in [5.41, 5.74) is 2.16. The Labute approximate surface area is 147 Å². The van der Waals surface area contributed by atoms with Gasteiger partial charge < -0.3 is 9.47 Å². The van der Waals surface area contributed by atoms with Gasteiger partial charge in [0.2, 0.25) is 0 Å². The lowest BCUT2D eigenvalue weighted by Crippen LogP contribution is -2.04. The number of esters is 1. The Balaban J connectivity index is 2.14. The molecule has 24 heavy (non-hydrogen) atoms. The molecule has 0 bridgehead atoms. The van der Waals surface area contributed by atoms with Crippen LogP contribution in [-0.2, 0) is 9.53 Å². The SMILES string of the molecule is COc1c[c][c]cc1C(/C=C/c1ccccc1)SCCOC(C)=O. The first-order valence-electron chi connectivity index (χ1n) is 7.64. The van der Waals surface area contributed by atoms with Crippen LogP contribution in [0.25, 0.3) is 6.08 Å². The normalized spacial score (nSPS) is 12.1. The zero-order valence-electron chi connectivity index (χ0n) is 13.8. The highest BCUT2D eigenvalue weighted by atomic mass is 32.2. The maximum Gasteiger partial charge on any atom is 0.302 e. The summed E-state index contributed by atoms with van der Waals surface area (Å²) in [6.07, 6.45) is 4.21. The van der Waals surface area contributed by atoms with Gasteiger partial charge >= 0.3 is 5.97 Å². The van der Waals surface area contributed by atoms with Crippen molar-refractivity contribution >= 4 is 23.8 Å².